The Morgan fingerprint density at radius 1 is 1.21 bits per heavy atom. The van der Waals surface area contributed by atoms with E-state index in [0.29, 0.717) is 18.3 Å². The molecule has 0 saturated carbocycles. The number of hydrogen-bond donors (Lipinski definition) is 2. The van der Waals surface area contributed by atoms with E-state index >= 15 is 0 Å². The van der Waals surface area contributed by atoms with E-state index in [0.717, 1.165) is 11.3 Å². The zero-order valence-corrected chi connectivity index (χ0v) is 10.9. The monoisotopic (exact) mass is 260 g/mol. The van der Waals surface area contributed by atoms with Crippen molar-refractivity contribution in [3.05, 3.63) is 35.9 Å². The van der Waals surface area contributed by atoms with Crippen LogP contribution in [0.1, 0.15) is 5.56 Å². The average Bonchev–Trinajstić information content (AvgIpc) is 2.40. The molecule has 2 aromatic rings. The van der Waals surface area contributed by atoms with E-state index in [1.807, 2.05) is 24.3 Å². The number of anilines is 3. The lowest BCUT2D eigenvalue weighted by Crippen LogP contribution is -2.03. The molecule has 0 bridgehead atoms. The zero-order valence-electron chi connectivity index (χ0n) is 10.9. The molecule has 0 amide bonds. The van der Waals surface area contributed by atoms with Crippen LogP contribution in [0.3, 0.4) is 0 Å². The van der Waals surface area contributed by atoms with Crippen molar-refractivity contribution in [1.82, 2.24) is 9.97 Å². The summed E-state index contributed by atoms with van der Waals surface area (Å²) in [5.41, 5.74) is 7.55. The summed E-state index contributed by atoms with van der Waals surface area (Å²) in [4.78, 5) is 8.05. The highest BCUT2D eigenvalue weighted by atomic mass is 16.5. The van der Waals surface area contributed by atoms with Crippen LogP contribution in [0.4, 0.5) is 17.5 Å². The average molecular weight is 260 g/mol. The van der Waals surface area contributed by atoms with Gasteiger partial charge in [-0.15, -0.1) is 0 Å². The molecule has 0 atom stereocenters. The van der Waals surface area contributed by atoms with Crippen molar-refractivity contribution >= 4 is 17.5 Å². The first-order valence-electron chi connectivity index (χ1n) is 5.75. The molecule has 0 aliphatic heterocycles. The van der Waals surface area contributed by atoms with E-state index in [-0.39, 0.29) is 5.95 Å². The van der Waals surface area contributed by atoms with Crippen molar-refractivity contribution in [3.8, 4) is 5.88 Å². The Morgan fingerprint density at radius 3 is 2.74 bits per heavy atom. The predicted molar refractivity (Wildman–Crippen MR) is 73.4 cm³/mol. The number of benzene rings is 1. The fourth-order valence-electron chi connectivity index (χ4n) is 1.67. The molecule has 0 spiro atoms. The Morgan fingerprint density at radius 2 is 2.00 bits per heavy atom. The molecule has 100 valence electrons. The van der Waals surface area contributed by atoms with Crippen LogP contribution in [-0.4, -0.2) is 24.2 Å². The lowest BCUT2D eigenvalue weighted by Gasteiger charge is -2.11. The summed E-state index contributed by atoms with van der Waals surface area (Å²) in [7, 11) is 3.19. The van der Waals surface area contributed by atoms with Crippen LogP contribution in [0.5, 0.6) is 5.88 Å². The number of nitrogens with two attached hydrogens (primary N) is 1. The van der Waals surface area contributed by atoms with Crippen molar-refractivity contribution in [2.45, 2.75) is 6.61 Å². The van der Waals surface area contributed by atoms with Gasteiger partial charge in [0.25, 0.3) is 0 Å². The third kappa shape index (κ3) is 3.32. The molecule has 0 aliphatic carbocycles. The maximum Gasteiger partial charge on any atom is 0.225 e. The van der Waals surface area contributed by atoms with Crippen LogP contribution < -0.4 is 15.8 Å². The number of nitrogen functional groups attached to an aromatic ring is 1. The number of nitrogens with one attached hydrogen (secondary N) is 1. The van der Waals surface area contributed by atoms with E-state index in [1.165, 1.54) is 7.11 Å². The lowest BCUT2D eigenvalue weighted by atomic mass is 10.2. The topological polar surface area (TPSA) is 82.3 Å². The summed E-state index contributed by atoms with van der Waals surface area (Å²) in [6.45, 7) is 0.515. The highest BCUT2D eigenvalue weighted by Gasteiger charge is 2.06. The van der Waals surface area contributed by atoms with E-state index in [9.17, 15) is 0 Å². The Hall–Kier alpha value is -2.34. The normalized spacial score (nSPS) is 10.2. The van der Waals surface area contributed by atoms with Gasteiger partial charge >= 0.3 is 0 Å². The van der Waals surface area contributed by atoms with E-state index < -0.39 is 0 Å². The maximum atomic E-state index is 5.62. The fraction of sp³-hybridized carbons (Fsp3) is 0.231. The SMILES string of the molecule is COCc1ccccc1Nc1cc(OC)nc(N)n1. The third-order valence-electron chi connectivity index (χ3n) is 2.51. The molecule has 1 aromatic carbocycles. The fourth-order valence-corrected chi connectivity index (χ4v) is 1.67. The summed E-state index contributed by atoms with van der Waals surface area (Å²) >= 11 is 0. The third-order valence-corrected chi connectivity index (χ3v) is 2.51. The highest BCUT2D eigenvalue weighted by molar-refractivity contribution is 5.61. The number of nitrogens with zero attached hydrogens (tertiary/aromatic N) is 2. The van der Waals surface area contributed by atoms with E-state index in [1.54, 1.807) is 13.2 Å². The second kappa shape index (κ2) is 6.01. The lowest BCUT2D eigenvalue weighted by molar-refractivity contribution is 0.185. The van der Waals surface area contributed by atoms with Gasteiger partial charge in [0.15, 0.2) is 0 Å². The molecular weight excluding hydrogens is 244 g/mol. The number of methoxy groups -OCH3 is 2. The van der Waals surface area contributed by atoms with E-state index in [2.05, 4.69) is 15.3 Å². The maximum absolute atomic E-state index is 5.62. The van der Waals surface area contributed by atoms with Gasteiger partial charge in [-0.05, 0) is 6.07 Å². The summed E-state index contributed by atoms with van der Waals surface area (Å²) in [6.07, 6.45) is 0. The minimum absolute atomic E-state index is 0.158. The summed E-state index contributed by atoms with van der Waals surface area (Å²) in [5.74, 6) is 1.15. The summed E-state index contributed by atoms with van der Waals surface area (Å²) in [5, 5.41) is 3.18. The first-order chi connectivity index (χ1) is 9.22. The van der Waals surface area contributed by atoms with Crippen LogP contribution in [0.15, 0.2) is 30.3 Å². The van der Waals surface area contributed by atoms with Gasteiger partial charge in [0, 0.05) is 24.4 Å². The number of hydrogen-bond acceptors (Lipinski definition) is 6. The molecule has 0 aliphatic rings. The Bertz CT molecular complexity index is 560. The molecule has 2 rings (SSSR count). The number of ether oxygens (including phenoxy) is 2. The predicted octanol–water partition coefficient (Wildman–Crippen LogP) is 1.96. The summed E-state index contributed by atoms with van der Waals surface area (Å²) < 4.78 is 10.2. The van der Waals surface area contributed by atoms with E-state index in [4.69, 9.17) is 15.2 Å². The number of rotatable bonds is 5. The molecule has 0 fully saturated rings. The van der Waals surface area contributed by atoms with Crippen molar-refractivity contribution in [2.24, 2.45) is 0 Å². The van der Waals surface area contributed by atoms with Crippen molar-refractivity contribution < 1.29 is 9.47 Å². The quantitative estimate of drug-likeness (QED) is 0.855. The van der Waals surface area contributed by atoms with Gasteiger partial charge in [0.1, 0.15) is 5.82 Å². The van der Waals surface area contributed by atoms with Gasteiger partial charge in [-0.25, -0.2) is 0 Å². The second-order valence-corrected chi connectivity index (χ2v) is 3.87. The minimum Gasteiger partial charge on any atom is -0.481 e. The van der Waals surface area contributed by atoms with Gasteiger partial charge < -0.3 is 20.5 Å². The molecule has 3 N–H and O–H groups in total. The second-order valence-electron chi connectivity index (χ2n) is 3.87. The van der Waals surface area contributed by atoms with Crippen molar-refractivity contribution in [2.75, 3.05) is 25.3 Å². The molecule has 1 aromatic heterocycles. The molecular formula is C13H16N4O2. The molecule has 6 heteroatoms. The number of aromatic nitrogens is 2. The van der Waals surface area contributed by atoms with Crippen LogP contribution in [0.25, 0.3) is 0 Å². The van der Waals surface area contributed by atoms with Gasteiger partial charge in [0.05, 0.1) is 13.7 Å². The molecule has 6 nitrogen and oxygen atoms in total. The van der Waals surface area contributed by atoms with Crippen molar-refractivity contribution in [1.29, 1.82) is 0 Å². The van der Waals surface area contributed by atoms with Gasteiger partial charge in [-0.1, -0.05) is 18.2 Å². The Balaban J connectivity index is 2.28. The van der Waals surface area contributed by atoms with Crippen LogP contribution in [0.2, 0.25) is 0 Å². The first-order valence-corrected chi connectivity index (χ1v) is 5.75. The standard InChI is InChI=1S/C13H16N4O2/c1-18-8-9-5-3-4-6-10(9)15-11-7-12(19-2)17-13(14)16-11/h3-7H,8H2,1-2H3,(H3,14,15,16,17). The van der Waals surface area contributed by atoms with Crippen LogP contribution in [-0.2, 0) is 11.3 Å². The number of para-hydroxylation sites is 1. The molecule has 0 unspecified atom stereocenters. The zero-order chi connectivity index (χ0) is 13.7. The van der Waals surface area contributed by atoms with Crippen molar-refractivity contribution in [3.63, 3.8) is 0 Å². The Labute approximate surface area is 111 Å². The summed E-state index contributed by atoms with van der Waals surface area (Å²) in [6, 6.07) is 9.49. The highest BCUT2D eigenvalue weighted by Crippen LogP contribution is 2.22. The van der Waals surface area contributed by atoms with Crippen LogP contribution in [0, 0.1) is 0 Å². The first kappa shape index (κ1) is 13.1. The minimum atomic E-state index is 0.158. The smallest absolute Gasteiger partial charge is 0.225 e. The van der Waals surface area contributed by atoms with Gasteiger partial charge in [-0.2, -0.15) is 9.97 Å². The molecule has 1 heterocycles. The Kier molecular flexibility index (Phi) is 4.15. The largest absolute Gasteiger partial charge is 0.481 e. The molecule has 0 radical (unpaired) electrons. The van der Waals surface area contributed by atoms with Gasteiger partial charge in [0.2, 0.25) is 11.8 Å². The van der Waals surface area contributed by atoms with Crippen LogP contribution >= 0.6 is 0 Å². The molecule has 0 saturated heterocycles. The van der Waals surface area contributed by atoms with Gasteiger partial charge in [-0.3, -0.25) is 0 Å². The molecule has 19 heavy (non-hydrogen) atoms.